The number of ketones is 1. The summed E-state index contributed by atoms with van der Waals surface area (Å²) in [6.07, 6.45) is 1.48. The molecule has 1 N–H and O–H groups in total. The Morgan fingerprint density at radius 2 is 1.95 bits per heavy atom. The van der Waals surface area contributed by atoms with E-state index < -0.39 is 5.97 Å². The number of Topliss-reactive ketones (excluding diaryl/α,β-unsaturated/α-hetero) is 1. The average molecular weight is 292 g/mol. The van der Waals surface area contributed by atoms with Gasteiger partial charge in [-0.3, -0.25) is 9.59 Å². The third-order valence-electron chi connectivity index (χ3n) is 3.23. The first kappa shape index (κ1) is 17.2. The zero-order chi connectivity index (χ0) is 15.8. The fourth-order valence-electron chi connectivity index (χ4n) is 2.00. The lowest BCUT2D eigenvalue weighted by atomic mass is 9.96. The molecule has 1 rings (SSSR count). The van der Waals surface area contributed by atoms with Gasteiger partial charge in [0.2, 0.25) is 0 Å². The van der Waals surface area contributed by atoms with Crippen LogP contribution in [0.4, 0.5) is 0 Å². The minimum absolute atomic E-state index is 0.0146. The van der Waals surface area contributed by atoms with Crippen LogP contribution in [0.25, 0.3) is 0 Å². The fraction of sp³-hybridized carbons (Fsp3) is 0.529. The summed E-state index contributed by atoms with van der Waals surface area (Å²) in [7, 11) is 0. The van der Waals surface area contributed by atoms with Crippen molar-refractivity contribution >= 4 is 11.8 Å². The summed E-state index contributed by atoms with van der Waals surface area (Å²) in [5.41, 5.74) is 1.65. The van der Waals surface area contributed by atoms with Crippen LogP contribution in [0.2, 0.25) is 0 Å². The number of carbonyl (C=O) groups excluding carboxylic acids is 1. The molecular weight excluding hydrogens is 268 g/mol. The molecule has 0 spiro atoms. The summed E-state index contributed by atoms with van der Waals surface area (Å²) in [5.74, 6) is 0.00316. The van der Waals surface area contributed by atoms with Crippen molar-refractivity contribution in [3.8, 4) is 5.75 Å². The molecular formula is C17H24O4. The average Bonchev–Trinajstić information content (AvgIpc) is 2.44. The van der Waals surface area contributed by atoms with E-state index in [1.165, 1.54) is 0 Å². The minimum Gasteiger partial charge on any atom is -0.493 e. The molecule has 1 aromatic rings. The molecule has 116 valence electrons. The first-order chi connectivity index (χ1) is 9.95. The molecule has 0 bridgehead atoms. The van der Waals surface area contributed by atoms with E-state index in [1.54, 1.807) is 0 Å². The second-order valence-electron chi connectivity index (χ2n) is 5.43. The first-order valence-corrected chi connectivity index (χ1v) is 7.47. The third-order valence-corrected chi connectivity index (χ3v) is 3.23. The smallest absolute Gasteiger partial charge is 0.303 e. The Bertz CT molecular complexity index is 492. The molecule has 1 aromatic carbocycles. The monoisotopic (exact) mass is 292 g/mol. The van der Waals surface area contributed by atoms with Gasteiger partial charge < -0.3 is 9.84 Å². The Morgan fingerprint density at radius 1 is 1.24 bits per heavy atom. The van der Waals surface area contributed by atoms with Crippen LogP contribution in [0, 0.1) is 0 Å². The maximum Gasteiger partial charge on any atom is 0.303 e. The zero-order valence-corrected chi connectivity index (χ0v) is 13.0. The van der Waals surface area contributed by atoms with E-state index in [1.807, 2.05) is 25.1 Å². The molecule has 0 aromatic heterocycles. The third kappa shape index (κ3) is 5.58. The maximum atomic E-state index is 12.3. The van der Waals surface area contributed by atoms with Crippen molar-refractivity contribution in [2.75, 3.05) is 6.61 Å². The normalized spacial score (nSPS) is 10.7. The van der Waals surface area contributed by atoms with Gasteiger partial charge in [-0.15, -0.1) is 0 Å². The number of carboxylic acid groups (broad SMARTS) is 1. The van der Waals surface area contributed by atoms with Crippen molar-refractivity contribution in [3.05, 3.63) is 29.3 Å². The number of hydrogen-bond acceptors (Lipinski definition) is 3. The van der Waals surface area contributed by atoms with Gasteiger partial charge in [0.05, 0.1) is 12.2 Å². The predicted octanol–water partition coefficient (Wildman–Crippen LogP) is 4.04. The Morgan fingerprint density at radius 3 is 2.52 bits per heavy atom. The molecule has 4 nitrogen and oxygen atoms in total. The summed E-state index contributed by atoms with van der Waals surface area (Å²) >= 11 is 0. The largest absolute Gasteiger partial charge is 0.493 e. The van der Waals surface area contributed by atoms with Gasteiger partial charge in [0.1, 0.15) is 5.75 Å². The number of carboxylic acids is 1. The molecule has 0 saturated heterocycles. The van der Waals surface area contributed by atoms with Crippen LogP contribution >= 0.6 is 0 Å². The second-order valence-corrected chi connectivity index (χ2v) is 5.43. The Labute approximate surface area is 126 Å². The van der Waals surface area contributed by atoms with Gasteiger partial charge in [-0.05, 0) is 36.5 Å². The van der Waals surface area contributed by atoms with Crippen molar-refractivity contribution < 1.29 is 19.4 Å². The number of rotatable bonds is 9. The molecule has 0 amide bonds. The van der Waals surface area contributed by atoms with Gasteiger partial charge >= 0.3 is 5.97 Å². The highest BCUT2D eigenvalue weighted by Crippen LogP contribution is 2.26. The molecule has 0 fully saturated rings. The van der Waals surface area contributed by atoms with Crippen LogP contribution in [-0.2, 0) is 4.79 Å². The lowest BCUT2D eigenvalue weighted by molar-refractivity contribution is -0.137. The lowest BCUT2D eigenvalue weighted by Gasteiger charge is -2.13. The van der Waals surface area contributed by atoms with Crippen LogP contribution in [-0.4, -0.2) is 23.5 Å². The molecule has 0 radical (unpaired) electrons. The summed E-state index contributed by atoms with van der Waals surface area (Å²) in [6.45, 7) is 6.72. The lowest BCUT2D eigenvalue weighted by Crippen LogP contribution is -2.07. The van der Waals surface area contributed by atoms with Crippen molar-refractivity contribution in [3.63, 3.8) is 0 Å². The molecule has 0 aliphatic carbocycles. The van der Waals surface area contributed by atoms with Gasteiger partial charge in [-0.2, -0.15) is 0 Å². The molecule has 21 heavy (non-hydrogen) atoms. The van der Waals surface area contributed by atoms with Gasteiger partial charge in [0.25, 0.3) is 0 Å². The quantitative estimate of drug-likeness (QED) is 0.698. The Hall–Kier alpha value is -1.84. The number of ether oxygens (including phenoxy) is 1. The van der Waals surface area contributed by atoms with E-state index in [0.717, 1.165) is 12.0 Å². The van der Waals surface area contributed by atoms with E-state index in [9.17, 15) is 9.59 Å². The van der Waals surface area contributed by atoms with E-state index in [2.05, 4.69) is 13.8 Å². The molecule has 0 atom stereocenters. The van der Waals surface area contributed by atoms with Crippen molar-refractivity contribution in [2.24, 2.45) is 0 Å². The zero-order valence-electron chi connectivity index (χ0n) is 13.0. The van der Waals surface area contributed by atoms with Crippen LogP contribution < -0.4 is 4.74 Å². The van der Waals surface area contributed by atoms with Crippen LogP contribution in [0.1, 0.15) is 68.3 Å². The van der Waals surface area contributed by atoms with E-state index in [4.69, 9.17) is 9.84 Å². The topological polar surface area (TPSA) is 63.6 Å². The highest BCUT2D eigenvalue weighted by atomic mass is 16.5. The molecule has 0 aliphatic heterocycles. The van der Waals surface area contributed by atoms with E-state index in [-0.39, 0.29) is 18.6 Å². The Kier molecular flexibility index (Phi) is 6.92. The minimum atomic E-state index is -0.874. The predicted molar refractivity (Wildman–Crippen MR) is 82.1 cm³/mol. The maximum absolute atomic E-state index is 12.3. The summed E-state index contributed by atoms with van der Waals surface area (Å²) in [6, 6.07) is 5.69. The molecule has 0 unspecified atom stereocenters. The molecule has 4 heteroatoms. The highest BCUT2D eigenvalue weighted by Gasteiger charge is 2.15. The molecule has 0 heterocycles. The summed E-state index contributed by atoms with van der Waals surface area (Å²) < 4.78 is 5.63. The van der Waals surface area contributed by atoms with Gasteiger partial charge in [-0.25, -0.2) is 0 Å². The van der Waals surface area contributed by atoms with Crippen molar-refractivity contribution in [2.45, 2.75) is 52.4 Å². The van der Waals surface area contributed by atoms with Crippen molar-refractivity contribution in [1.82, 2.24) is 0 Å². The second kappa shape index (κ2) is 8.45. The van der Waals surface area contributed by atoms with Gasteiger partial charge in [-0.1, -0.05) is 26.8 Å². The van der Waals surface area contributed by atoms with E-state index in [0.29, 0.717) is 30.3 Å². The van der Waals surface area contributed by atoms with Crippen LogP contribution in [0.5, 0.6) is 5.75 Å². The highest BCUT2D eigenvalue weighted by molar-refractivity contribution is 5.99. The molecule has 0 saturated carbocycles. The first-order valence-electron chi connectivity index (χ1n) is 7.47. The number of benzene rings is 1. The van der Waals surface area contributed by atoms with Gasteiger partial charge in [0, 0.05) is 12.8 Å². The van der Waals surface area contributed by atoms with Crippen molar-refractivity contribution in [1.29, 1.82) is 0 Å². The van der Waals surface area contributed by atoms with Crippen LogP contribution in [0.3, 0.4) is 0 Å². The Balaban J connectivity index is 2.90. The number of hydrogen-bond donors (Lipinski definition) is 1. The SMILES string of the molecule is CCCOc1ccc(C(C)C)cc1C(=O)CCCC(=O)O. The molecule has 0 aliphatic rings. The standard InChI is InChI=1S/C17H24O4/c1-4-10-21-16-9-8-13(12(2)3)11-14(16)15(18)6-5-7-17(19)20/h8-9,11-12H,4-7,10H2,1-3H3,(H,19,20). The summed E-state index contributed by atoms with van der Waals surface area (Å²) in [4.78, 5) is 22.8. The van der Waals surface area contributed by atoms with Gasteiger partial charge in [0.15, 0.2) is 5.78 Å². The number of carbonyl (C=O) groups is 2. The van der Waals surface area contributed by atoms with Crippen LogP contribution in [0.15, 0.2) is 18.2 Å². The fourth-order valence-corrected chi connectivity index (χ4v) is 2.00. The summed E-state index contributed by atoms with van der Waals surface area (Å²) in [5, 5.41) is 8.65. The van der Waals surface area contributed by atoms with E-state index >= 15 is 0 Å². The number of aliphatic carboxylic acids is 1.